The molecule has 2 rings (SSSR count). The zero-order chi connectivity index (χ0) is 9.97. The molecule has 1 aromatic rings. The molecular formula is C10H16N2OS. The van der Waals surface area contributed by atoms with Crippen molar-refractivity contribution in [1.29, 1.82) is 0 Å². The van der Waals surface area contributed by atoms with Gasteiger partial charge in [-0.3, -0.25) is 0 Å². The topological polar surface area (TPSA) is 48.1 Å². The third-order valence-electron chi connectivity index (χ3n) is 2.59. The Kier molecular flexibility index (Phi) is 3.15. The average molecular weight is 212 g/mol. The first-order valence-electron chi connectivity index (χ1n) is 5.08. The second-order valence-corrected chi connectivity index (χ2v) is 4.64. The fraction of sp³-hybridized carbons (Fsp3) is 0.700. The maximum atomic E-state index is 6.13. The standard InChI is InChI=1S/C10H16N2OS/c1-7-6-9(14-12-7)10(11)8-4-2-3-5-13-8/h6,8,10H,2-5,11H2,1H3. The van der Waals surface area contributed by atoms with E-state index in [4.69, 9.17) is 10.5 Å². The van der Waals surface area contributed by atoms with Crippen LogP contribution in [0.4, 0.5) is 0 Å². The van der Waals surface area contributed by atoms with Crippen LogP contribution in [-0.2, 0) is 4.74 Å². The smallest absolute Gasteiger partial charge is 0.0776 e. The Hall–Kier alpha value is -0.450. The van der Waals surface area contributed by atoms with Gasteiger partial charge < -0.3 is 10.5 Å². The number of aromatic nitrogens is 1. The monoisotopic (exact) mass is 212 g/mol. The lowest BCUT2D eigenvalue weighted by molar-refractivity contribution is 0.000663. The highest BCUT2D eigenvalue weighted by molar-refractivity contribution is 7.05. The molecule has 1 fully saturated rings. The van der Waals surface area contributed by atoms with E-state index in [2.05, 4.69) is 10.4 Å². The maximum absolute atomic E-state index is 6.13. The summed E-state index contributed by atoms with van der Waals surface area (Å²) in [7, 11) is 0. The minimum absolute atomic E-state index is 0.0153. The average Bonchev–Trinajstić information content (AvgIpc) is 2.65. The Morgan fingerprint density at radius 3 is 3.07 bits per heavy atom. The third kappa shape index (κ3) is 2.13. The van der Waals surface area contributed by atoms with Crippen molar-refractivity contribution in [2.45, 2.75) is 38.3 Å². The summed E-state index contributed by atoms with van der Waals surface area (Å²) in [6.07, 6.45) is 3.68. The number of hydrogen-bond donors (Lipinski definition) is 1. The second kappa shape index (κ2) is 4.38. The molecule has 1 aromatic heterocycles. The Morgan fingerprint density at radius 1 is 1.64 bits per heavy atom. The van der Waals surface area contributed by atoms with Gasteiger partial charge >= 0.3 is 0 Å². The Morgan fingerprint density at radius 2 is 2.50 bits per heavy atom. The van der Waals surface area contributed by atoms with Gasteiger partial charge in [-0.2, -0.15) is 4.37 Å². The molecule has 2 unspecified atom stereocenters. The predicted octanol–water partition coefficient (Wildman–Crippen LogP) is 2.02. The number of aryl methyl sites for hydroxylation is 1. The molecule has 2 atom stereocenters. The lowest BCUT2D eigenvalue weighted by Crippen LogP contribution is -2.31. The van der Waals surface area contributed by atoms with Crippen LogP contribution in [0.1, 0.15) is 35.9 Å². The molecule has 2 N–H and O–H groups in total. The van der Waals surface area contributed by atoms with Crippen molar-refractivity contribution in [3.05, 3.63) is 16.6 Å². The van der Waals surface area contributed by atoms with E-state index < -0.39 is 0 Å². The van der Waals surface area contributed by atoms with Crippen molar-refractivity contribution < 1.29 is 4.74 Å². The number of nitrogens with two attached hydrogens (primary N) is 1. The molecule has 0 aromatic carbocycles. The minimum Gasteiger partial charge on any atom is -0.376 e. The van der Waals surface area contributed by atoms with Crippen molar-refractivity contribution in [3.8, 4) is 0 Å². The lowest BCUT2D eigenvalue weighted by atomic mass is 10.0. The van der Waals surface area contributed by atoms with Gasteiger partial charge in [-0.05, 0) is 43.8 Å². The van der Waals surface area contributed by atoms with Crippen LogP contribution in [0.15, 0.2) is 6.07 Å². The van der Waals surface area contributed by atoms with Crippen LogP contribution >= 0.6 is 11.5 Å². The summed E-state index contributed by atoms with van der Waals surface area (Å²) >= 11 is 1.50. The van der Waals surface area contributed by atoms with E-state index in [-0.39, 0.29) is 12.1 Å². The Bertz CT molecular complexity index is 294. The zero-order valence-electron chi connectivity index (χ0n) is 8.40. The molecule has 0 spiro atoms. The van der Waals surface area contributed by atoms with Gasteiger partial charge in [0.25, 0.3) is 0 Å². The van der Waals surface area contributed by atoms with Gasteiger partial charge in [-0.15, -0.1) is 0 Å². The number of ether oxygens (including phenoxy) is 1. The van der Waals surface area contributed by atoms with E-state index in [9.17, 15) is 0 Å². The van der Waals surface area contributed by atoms with E-state index >= 15 is 0 Å². The van der Waals surface area contributed by atoms with Gasteiger partial charge in [0, 0.05) is 11.5 Å². The molecule has 14 heavy (non-hydrogen) atoms. The van der Waals surface area contributed by atoms with Gasteiger partial charge in [0.05, 0.1) is 17.8 Å². The first kappa shape index (κ1) is 10.1. The molecule has 0 radical (unpaired) electrons. The van der Waals surface area contributed by atoms with Crippen molar-refractivity contribution in [2.24, 2.45) is 5.73 Å². The lowest BCUT2D eigenvalue weighted by Gasteiger charge is -2.26. The van der Waals surface area contributed by atoms with E-state index in [0.29, 0.717) is 0 Å². The first-order chi connectivity index (χ1) is 6.77. The maximum Gasteiger partial charge on any atom is 0.0776 e. The third-order valence-corrected chi connectivity index (χ3v) is 3.57. The number of hydrogen-bond acceptors (Lipinski definition) is 4. The van der Waals surface area contributed by atoms with Crippen molar-refractivity contribution in [2.75, 3.05) is 6.61 Å². The quantitative estimate of drug-likeness (QED) is 0.816. The summed E-state index contributed by atoms with van der Waals surface area (Å²) in [6.45, 7) is 2.85. The van der Waals surface area contributed by atoms with Gasteiger partial charge in [-0.1, -0.05) is 0 Å². The van der Waals surface area contributed by atoms with E-state index in [1.54, 1.807) is 0 Å². The van der Waals surface area contributed by atoms with Crippen LogP contribution < -0.4 is 5.73 Å². The van der Waals surface area contributed by atoms with Gasteiger partial charge in [0.2, 0.25) is 0 Å². The molecule has 0 amide bonds. The highest BCUT2D eigenvalue weighted by Gasteiger charge is 2.23. The molecular weight excluding hydrogens is 196 g/mol. The summed E-state index contributed by atoms with van der Waals surface area (Å²) in [5.41, 5.74) is 7.18. The first-order valence-corrected chi connectivity index (χ1v) is 5.85. The van der Waals surface area contributed by atoms with Gasteiger partial charge in [0.1, 0.15) is 0 Å². The largest absolute Gasteiger partial charge is 0.376 e. The van der Waals surface area contributed by atoms with Crippen molar-refractivity contribution in [1.82, 2.24) is 4.37 Å². The summed E-state index contributed by atoms with van der Waals surface area (Å²) in [5, 5.41) is 0. The SMILES string of the molecule is Cc1cc(C(N)C2CCCCO2)sn1. The normalized spacial score (nSPS) is 24.9. The summed E-state index contributed by atoms with van der Waals surface area (Å²) in [4.78, 5) is 1.15. The molecule has 0 saturated carbocycles. The van der Waals surface area contributed by atoms with Crippen molar-refractivity contribution >= 4 is 11.5 Å². The molecule has 1 aliphatic heterocycles. The zero-order valence-corrected chi connectivity index (χ0v) is 9.22. The van der Waals surface area contributed by atoms with Crippen LogP contribution in [0.25, 0.3) is 0 Å². The minimum atomic E-state index is 0.0153. The highest BCUT2D eigenvalue weighted by atomic mass is 32.1. The van der Waals surface area contributed by atoms with E-state index in [1.165, 1.54) is 24.4 Å². The molecule has 0 aliphatic carbocycles. The molecule has 4 heteroatoms. The molecule has 3 nitrogen and oxygen atoms in total. The Balaban J connectivity index is 2.03. The molecule has 2 heterocycles. The second-order valence-electron chi connectivity index (χ2n) is 3.80. The van der Waals surface area contributed by atoms with Gasteiger partial charge in [-0.25, -0.2) is 0 Å². The highest BCUT2D eigenvalue weighted by Crippen LogP contribution is 2.26. The summed E-state index contributed by atoms with van der Waals surface area (Å²) < 4.78 is 9.90. The van der Waals surface area contributed by atoms with Crippen LogP contribution in [-0.4, -0.2) is 17.1 Å². The molecule has 0 bridgehead atoms. The number of rotatable bonds is 2. The Labute approximate surface area is 88.4 Å². The predicted molar refractivity (Wildman–Crippen MR) is 57.4 cm³/mol. The van der Waals surface area contributed by atoms with Gasteiger partial charge in [0.15, 0.2) is 0 Å². The number of nitrogens with zero attached hydrogens (tertiary/aromatic N) is 1. The fourth-order valence-corrected chi connectivity index (χ4v) is 2.57. The van der Waals surface area contributed by atoms with Crippen LogP contribution in [0.3, 0.4) is 0 Å². The molecule has 78 valence electrons. The van der Waals surface area contributed by atoms with Crippen LogP contribution in [0.5, 0.6) is 0 Å². The fourth-order valence-electron chi connectivity index (χ4n) is 1.77. The summed E-state index contributed by atoms with van der Waals surface area (Å²) in [6, 6.07) is 2.08. The van der Waals surface area contributed by atoms with E-state index in [1.807, 2.05) is 6.92 Å². The van der Waals surface area contributed by atoms with Crippen molar-refractivity contribution in [3.63, 3.8) is 0 Å². The molecule has 1 saturated heterocycles. The van der Waals surface area contributed by atoms with Crippen LogP contribution in [0, 0.1) is 6.92 Å². The summed E-state index contributed by atoms with van der Waals surface area (Å²) in [5.74, 6) is 0. The molecule has 1 aliphatic rings. The van der Waals surface area contributed by atoms with Crippen LogP contribution in [0.2, 0.25) is 0 Å². The van der Waals surface area contributed by atoms with E-state index in [0.717, 1.165) is 23.6 Å².